The van der Waals surface area contributed by atoms with Gasteiger partial charge in [-0.25, -0.2) is 13.2 Å². The Balaban J connectivity index is 1.92. The van der Waals surface area contributed by atoms with Crippen LogP contribution in [0, 0.1) is 6.92 Å². The summed E-state index contributed by atoms with van der Waals surface area (Å²) in [6.45, 7) is 2.48. The molecular weight excluding hydrogens is 448 g/mol. The molecule has 3 rings (SSSR count). The summed E-state index contributed by atoms with van der Waals surface area (Å²) in [5.41, 5.74) is 1.82. The Morgan fingerprint density at radius 2 is 1.96 bits per heavy atom. The number of rotatable bonds is 5. The molecule has 9 heteroatoms. The average molecular weight is 467 g/mol. The van der Waals surface area contributed by atoms with E-state index in [0.717, 1.165) is 17.7 Å². The van der Waals surface area contributed by atoms with Crippen LogP contribution < -0.4 is 9.62 Å². The number of carbonyl (C=O) groups is 2. The lowest BCUT2D eigenvalue weighted by atomic mass is 10.1. The molecule has 2 aromatic rings. The van der Waals surface area contributed by atoms with Crippen molar-refractivity contribution in [2.45, 2.75) is 24.7 Å². The predicted octanol–water partition coefficient (Wildman–Crippen LogP) is 3.47. The Morgan fingerprint density at radius 1 is 1.21 bits per heavy atom. The number of nitrogens with one attached hydrogen (secondary N) is 1. The summed E-state index contributed by atoms with van der Waals surface area (Å²) in [4.78, 5) is 25.5. The fraction of sp³-hybridized carbons (Fsp3) is 0.263. The van der Waals surface area contributed by atoms with Crippen LogP contribution in [0.15, 0.2) is 45.8 Å². The first kappa shape index (κ1) is 20.3. The quantitative estimate of drug-likeness (QED) is 0.680. The third-order valence-electron chi connectivity index (χ3n) is 4.45. The summed E-state index contributed by atoms with van der Waals surface area (Å²) in [6, 6.07) is 9.25. The van der Waals surface area contributed by atoms with Gasteiger partial charge < -0.3 is 9.64 Å². The molecule has 0 radical (unpaired) electrons. The third-order valence-corrected chi connectivity index (χ3v) is 6.38. The summed E-state index contributed by atoms with van der Waals surface area (Å²) < 4.78 is 33.5. The van der Waals surface area contributed by atoms with Gasteiger partial charge in [0.25, 0.3) is 10.0 Å². The lowest BCUT2D eigenvalue weighted by molar-refractivity contribution is -0.117. The number of nitrogens with zero attached hydrogens (tertiary/aromatic N) is 1. The highest BCUT2D eigenvalue weighted by Gasteiger charge is 2.25. The number of methoxy groups -OCH3 is 1. The number of amides is 1. The first-order valence-corrected chi connectivity index (χ1v) is 10.8. The van der Waals surface area contributed by atoms with E-state index < -0.39 is 16.0 Å². The normalized spacial score (nSPS) is 14.2. The molecule has 1 aliphatic rings. The lowest BCUT2D eigenvalue weighted by Crippen LogP contribution is -2.24. The van der Waals surface area contributed by atoms with E-state index in [4.69, 9.17) is 0 Å². The molecular formula is C19H19BrN2O5S. The zero-order valence-electron chi connectivity index (χ0n) is 15.4. The highest BCUT2D eigenvalue weighted by Crippen LogP contribution is 2.29. The number of hydrogen-bond donors (Lipinski definition) is 1. The molecule has 0 spiro atoms. The van der Waals surface area contributed by atoms with Crippen LogP contribution >= 0.6 is 15.9 Å². The van der Waals surface area contributed by atoms with Gasteiger partial charge in [-0.1, -0.05) is 15.9 Å². The van der Waals surface area contributed by atoms with Crippen molar-refractivity contribution in [2.75, 3.05) is 23.3 Å². The van der Waals surface area contributed by atoms with Crippen LogP contribution in [-0.4, -0.2) is 33.9 Å². The van der Waals surface area contributed by atoms with Crippen molar-refractivity contribution in [1.82, 2.24) is 0 Å². The van der Waals surface area contributed by atoms with Gasteiger partial charge in [0.15, 0.2) is 0 Å². The zero-order chi connectivity index (χ0) is 20.5. The van der Waals surface area contributed by atoms with Crippen molar-refractivity contribution in [3.05, 3.63) is 52.0 Å². The van der Waals surface area contributed by atoms with Gasteiger partial charge in [0.2, 0.25) is 5.91 Å². The van der Waals surface area contributed by atoms with Crippen LogP contribution in [0.2, 0.25) is 0 Å². The molecule has 28 heavy (non-hydrogen) atoms. The molecule has 0 bridgehead atoms. The number of aryl methyl sites for hydroxylation is 1. The van der Waals surface area contributed by atoms with Crippen molar-refractivity contribution >= 4 is 49.2 Å². The van der Waals surface area contributed by atoms with Gasteiger partial charge in [-0.05, 0) is 55.3 Å². The van der Waals surface area contributed by atoms with Crippen molar-refractivity contribution < 1.29 is 22.7 Å². The van der Waals surface area contributed by atoms with E-state index in [1.807, 2.05) is 6.92 Å². The van der Waals surface area contributed by atoms with E-state index in [1.54, 1.807) is 23.1 Å². The molecule has 1 fully saturated rings. The number of benzene rings is 2. The molecule has 7 nitrogen and oxygen atoms in total. The molecule has 1 N–H and O–H groups in total. The van der Waals surface area contributed by atoms with Crippen molar-refractivity contribution in [3.8, 4) is 0 Å². The smallest absolute Gasteiger partial charge is 0.339 e. The van der Waals surface area contributed by atoms with E-state index in [9.17, 15) is 18.0 Å². The Kier molecular flexibility index (Phi) is 5.76. The number of carbonyl (C=O) groups excluding carboxylic acids is 2. The maximum atomic E-state index is 12.9. The summed E-state index contributed by atoms with van der Waals surface area (Å²) in [7, 11) is -2.84. The van der Waals surface area contributed by atoms with Crippen molar-refractivity contribution in [2.24, 2.45) is 0 Å². The molecule has 148 valence electrons. The minimum atomic E-state index is -4.03. The fourth-order valence-electron chi connectivity index (χ4n) is 3.14. The van der Waals surface area contributed by atoms with Crippen molar-refractivity contribution in [3.63, 3.8) is 0 Å². The SMILES string of the molecule is COC(=O)c1cc(Br)ccc1S(=O)(=O)Nc1ccc(N2CCCC2=O)c(C)c1. The largest absolute Gasteiger partial charge is 0.465 e. The topological polar surface area (TPSA) is 92.8 Å². The first-order chi connectivity index (χ1) is 13.2. The second-order valence-electron chi connectivity index (χ2n) is 6.39. The monoisotopic (exact) mass is 466 g/mol. The number of hydrogen-bond acceptors (Lipinski definition) is 5. The third kappa shape index (κ3) is 4.05. The molecule has 1 aliphatic heterocycles. The highest BCUT2D eigenvalue weighted by molar-refractivity contribution is 9.10. The number of sulfonamides is 1. The van der Waals surface area contributed by atoms with Crippen LogP contribution in [0.3, 0.4) is 0 Å². The van der Waals surface area contributed by atoms with Crippen LogP contribution in [0.1, 0.15) is 28.8 Å². The second-order valence-corrected chi connectivity index (χ2v) is 8.95. The molecule has 0 aromatic heterocycles. The van der Waals surface area contributed by atoms with Crippen molar-refractivity contribution in [1.29, 1.82) is 0 Å². The van der Waals surface area contributed by atoms with Gasteiger partial charge in [-0.2, -0.15) is 0 Å². The van der Waals surface area contributed by atoms with Crippen LogP contribution in [0.25, 0.3) is 0 Å². The number of anilines is 2. The lowest BCUT2D eigenvalue weighted by Gasteiger charge is -2.19. The molecule has 1 saturated heterocycles. The van der Waals surface area contributed by atoms with E-state index in [0.29, 0.717) is 23.1 Å². The maximum absolute atomic E-state index is 12.9. The van der Waals surface area contributed by atoms with Gasteiger partial charge >= 0.3 is 5.97 Å². The molecule has 0 saturated carbocycles. The van der Waals surface area contributed by atoms with Crippen LogP contribution in [0.5, 0.6) is 0 Å². The van der Waals surface area contributed by atoms with E-state index in [2.05, 4.69) is 25.4 Å². The molecule has 0 atom stereocenters. The Morgan fingerprint density at radius 3 is 2.57 bits per heavy atom. The Bertz CT molecular complexity index is 1050. The summed E-state index contributed by atoms with van der Waals surface area (Å²) in [5, 5.41) is 0. The number of ether oxygens (including phenoxy) is 1. The van der Waals surface area contributed by atoms with Crippen LogP contribution in [0.4, 0.5) is 11.4 Å². The zero-order valence-corrected chi connectivity index (χ0v) is 17.8. The van der Waals surface area contributed by atoms with Gasteiger partial charge in [0, 0.05) is 28.8 Å². The fourth-order valence-corrected chi connectivity index (χ4v) is 4.73. The molecule has 0 aliphatic carbocycles. The van der Waals surface area contributed by atoms with E-state index in [-0.39, 0.29) is 16.4 Å². The van der Waals surface area contributed by atoms with Gasteiger partial charge in [0.05, 0.1) is 12.7 Å². The molecule has 1 amide bonds. The Hall–Kier alpha value is -2.39. The standard InChI is InChI=1S/C19H19BrN2O5S/c1-12-10-14(6-7-16(12)22-9-3-4-18(22)23)21-28(25,26)17-8-5-13(20)11-15(17)19(24)27-2/h5-8,10-11,21H,3-4,9H2,1-2H3. The minimum Gasteiger partial charge on any atom is -0.465 e. The minimum absolute atomic E-state index is 0.0639. The van der Waals surface area contributed by atoms with E-state index in [1.165, 1.54) is 25.3 Å². The predicted molar refractivity (Wildman–Crippen MR) is 109 cm³/mol. The summed E-state index contributed by atoms with van der Waals surface area (Å²) >= 11 is 3.23. The average Bonchev–Trinajstić information content (AvgIpc) is 3.06. The molecule has 2 aromatic carbocycles. The van der Waals surface area contributed by atoms with Crippen LogP contribution in [-0.2, 0) is 19.6 Å². The number of halogens is 1. The summed E-state index contributed by atoms with van der Waals surface area (Å²) in [5.74, 6) is -0.685. The van der Waals surface area contributed by atoms with Gasteiger partial charge in [0.1, 0.15) is 4.90 Å². The van der Waals surface area contributed by atoms with Gasteiger partial charge in [-0.3, -0.25) is 9.52 Å². The highest BCUT2D eigenvalue weighted by atomic mass is 79.9. The Labute approximate surface area is 171 Å². The molecule has 1 heterocycles. The summed E-state index contributed by atoms with van der Waals surface area (Å²) in [6.07, 6.45) is 1.33. The number of esters is 1. The molecule has 0 unspecified atom stereocenters. The van der Waals surface area contributed by atoms with Gasteiger partial charge in [-0.15, -0.1) is 0 Å². The second kappa shape index (κ2) is 7.92. The van der Waals surface area contributed by atoms with E-state index >= 15 is 0 Å². The maximum Gasteiger partial charge on any atom is 0.339 e. The first-order valence-electron chi connectivity index (χ1n) is 8.54.